The number of methoxy groups -OCH3 is 1. The van der Waals surface area contributed by atoms with Gasteiger partial charge in [0.15, 0.2) is 0 Å². The number of piperazine rings is 1. The molecular weight excluding hydrogens is 457 g/mol. The summed E-state index contributed by atoms with van der Waals surface area (Å²) in [6, 6.07) is 12.4. The van der Waals surface area contributed by atoms with Gasteiger partial charge in [0.1, 0.15) is 17.4 Å². The molecule has 1 aromatic heterocycles. The summed E-state index contributed by atoms with van der Waals surface area (Å²) in [6.07, 6.45) is 0. The number of phenolic OH excluding ortho intramolecular Hbond substituents is 1. The first-order chi connectivity index (χ1) is 17.4. The van der Waals surface area contributed by atoms with Crippen LogP contribution in [0.1, 0.15) is 29.3 Å². The van der Waals surface area contributed by atoms with Crippen LogP contribution in [-0.2, 0) is 17.8 Å². The molecule has 8 heteroatoms. The standard InChI is InChI=1S/C28H38FN5O2/c1-5-31-13-15-33(16-14-31)28-26(22(3)30-34(28)25-11-9-24(29)10-12-25)20-32(17-18-36-4)19-23-8-6-7-21(2)27(23)35/h6-12,35H,5,13-20H2,1-4H3. The summed E-state index contributed by atoms with van der Waals surface area (Å²) in [5.41, 5.74) is 4.70. The molecule has 1 aliphatic rings. The highest BCUT2D eigenvalue weighted by molar-refractivity contribution is 5.56. The number of hydrogen-bond acceptors (Lipinski definition) is 6. The van der Waals surface area contributed by atoms with E-state index in [0.717, 1.165) is 66.6 Å². The van der Waals surface area contributed by atoms with Crippen LogP contribution in [0.5, 0.6) is 5.75 Å². The van der Waals surface area contributed by atoms with Crippen LogP contribution in [0.15, 0.2) is 42.5 Å². The first-order valence-electron chi connectivity index (χ1n) is 12.7. The average Bonchev–Trinajstić information content (AvgIpc) is 3.21. The molecule has 3 aromatic rings. The van der Waals surface area contributed by atoms with Gasteiger partial charge in [-0.3, -0.25) is 4.90 Å². The van der Waals surface area contributed by atoms with Gasteiger partial charge in [-0.05, 0) is 50.2 Å². The number of para-hydroxylation sites is 1. The lowest BCUT2D eigenvalue weighted by atomic mass is 10.1. The molecule has 0 amide bonds. The van der Waals surface area contributed by atoms with Crippen LogP contribution < -0.4 is 4.90 Å². The molecule has 2 heterocycles. The molecule has 0 aliphatic carbocycles. The number of halogens is 1. The van der Waals surface area contributed by atoms with E-state index in [4.69, 9.17) is 9.84 Å². The fourth-order valence-electron chi connectivity index (χ4n) is 4.84. The summed E-state index contributed by atoms with van der Waals surface area (Å²) in [5.74, 6) is 1.14. The number of anilines is 1. The number of nitrogens with zero attached hydrogens (tertiary/aromatic N) is 5. The van der Waals surface area contributed by atoms with E-state index >= 15 is 0 Å². The Morgan fingerprint density at radius 3 is 2.42 bits per heavy atom. The van der Waals surface area contributed by atoms with Gasteiger partial charge in [-0.15, -0.1) is 0 Å². The van der Waals surface area contributed by atoms with Crippen molar-refractivity contribution in [3.63, 3.8) is 0 Å². The molecule has 1 saturated heterocycles. The Hall–Kier alpha value is -2.94. The van der Waals surface area contributed by atoms with Crippen molar-refractivity contribution < 1.29 is 14.2 Å². The van der Waals surface area contributed by atoms with Gasteiger partial charge in [-0.2, -0.15) is 5.10 Å². The molecular formula is C28H38FN5O2. The molecule has 7 nitrogen and oxygen atoms in total. The molecule has 1 fully saturated rings. The minimum atomic E-state index is -0.260. The second kappa shape index (κ2) is 11.9. The van der Waals surface area contributed by atoms with E-state index < -0.39 is 0 Å². The van der Waals surface area contributed by atoms with Crippen molar-refractivity contribution in [3.05, 3.63) is 70.7 Å². The first kappa shape index (κ1) is 26.1. The molecule has 0 unspecified atom stereocenters. The lowest BCUT2D eigenvalue weighted by Gasteiger charge is -2.36. The van der Waals surface area contributed by atoms with Gasteiger partial charge in [-0.25, -0.2) is 9.07 Å². The van der Waals surface area contributed by atoms with Crippen molar-refractivity contribution in [2.24, 2.45) is 0 Å². The summed E-state index contributed by atoms with van der Waals surface area (Å²) in [6.45, 7) is 13.6. The number of hydrogen-bond donors (Lipinski definition) is 1. The van der Waals surface area contributed by atoms with Gasteiger partial charge in [0, 0.05) is 64.0 Å². The summed E-state index contributed by atoms with van der Waals surface area (Å²) >= 11 is 0. The van der Waals surface area contributed by atoms with Crippen LogP contribution in [0, 0.1) is 19.7 Å². The number of phenols is 1. The zero-order valence-corrected chi connectivity index (χ0v) is 21.9. The minimum absolute atomic E-state index is 0.260. The van der Waals surface area contributed by atoms with E-state index in [0.29, 0.717) is 32.0 Å². The van der Waals surface area contributed by atoms with Crippen LogP contribution in [0.4, 0.5) is 10.2 Å². The van der Waals surface area contributed by atoms with E-state index in [1.54, 1.807) is 19.2 Å². The van der Waals surface area contributed by atoms with E-state index in [1.165, 1.54) is 12.1 Å². The van der Waals surface area contributed by atoms with Crippen LogP contribution in [0.3, 0.4) is 0 Å². The van der Waals surface area contributed by atoms with Crippen LogP contribution >= 0.6 is 0 Å². The predicted molar refractivity (Wildman–Crippen MR) is 141 cm³/mol. The van der Waals surface area contributed by atoms with Crippen molar-refractivity contribution >= 4 is 5.82 Å². The lowest BCUT2D eigenvalue weighted by molar-refractivity contribution is 0.139. The van der Waals surface area contributed by atoms with Gasteiger partial charge < -0.3 is 19.6 Å². The topological polar surface area (TPSA) is 57.0 Å². The summed E-state index contributed by atoms with van der Waals surface area (Å²) < 4.78 is 21.1. The Morgan fingerprint density at radius 2 is 1.75 bits per heavy atom. The number of aromatic nitrogens is 2. The third-order valence-corrected chi connectivity index (χ3v) is 7.06. The van der Waals surface area contributed by atoms with Gasteiger partial charge in [0.25, 0.3) is 0 Å². The van der Waals surface area contributed by atoms with E-state index in [9.17, 15) is 9.50 Å². The van der Waals surface area contributed by atoms with Gasteiger partial charge in [0.05, 0.1) is 18.0 Å². The maximum Gasteiger partial charge on any atom is 0.137 e. The predicted octanol–water partition coefficient (Wildman–Crippen LogP) is 4.12. The second-order valence-electron chi connectivity index (χ2n) is 9.48. The Bertz CT molecular complexity index is 1140. The lowest BCUT2D eigenvalue weighted by Crippen LogP contribution is -2.47. The third-order valence-electron chi connectivity index (χ3n) is 7.06. The fourth-order valence-corrected chi connectivity index (χ4v) is 4.84. The molecule has 1 N–H and O–H groups in total. The zero-order chi connectivity index (χ0) is 25.7. The molecule has 1 aliphatic heterocycles. The maximum atomic E-state index is 13.7. The minimum Gasteiger partial charge on any atom is -0.507 e. The number of benzene rings is 2. The van der Waals surface area contributed by atoms with Gasteiger partial charge in [0.2, 0.25) is 0 Å². The van der Waals surface area contributed by atoms with Crippen molar-refractivity contribution in [2.45, 2.75) is 33.9 Å². The molecule has 0 radical (unpaired) electrons. The monoisotopic (exact) mass is 495 g/mol. The van der Waals surface area contributed by atoms with E-state index in [1.807, 2.05) is 36.7 Å². The second-order valence-corrected chi connectivity index (χ2v) is 9.48. The van der Waals surface area contributed by atoms with Crippen molar-refractivity contribution in [1.82, 2.24) is 19.6 Å². The van der Waals surface area contributed by atoms with Crippen LogP contribution in [-0.4, -0.2) is 77.7 Å². The molecule has 0 saturated carbocycles. The fraction of sp³-hybridized carbons (Fsp3) is 0.464. The smallest absolute Gasteiger partial charge is 0.137 e. The summed E-state index contributed by atoms with van der Waals surface area (Å²) in [5, 5.41) is 15.6. The van der Waals surface area contributed by atoms with Crippen molar-refractivity contribution in [1.29, 1.82) is 0 Å². The number of rotatable bonds is 10. The Morgan fingerprint density at radius 1 is 1.03 bits per heavy atom. The van der Waals surface area contributed by atoms with Crippen LogP contribution in [0.2, 0.25) is 0 Å². The first-order valence-corrected chi connectivity index (χ1v) is 12.7. The quantitative estimate of drug-likeness (QED) is 0.457. The molecule has 0 bridgehead atoms. The van der Waals surface area contributed by atoms with Crippen LogP contribution in [0.25, 0.3) is 5.69 Å². The number of ether oxygens (including phenoxy) is 1. The number of aromatic hydroxyl groups is 1. The maximum absolute atomic E-state index is 13.7. The van der Waals surface area contributed by atoms with Gasteiger partial charge in [-0.1, -0.05) is 25.1 Å². The Labute approximate surface area is 213 Å². The zero-order valence-electron chi connectivity index (χ0n) is 21.9. The highest BCUT2D eigenvalue weighted by Crippen LogP contribution is 2.31. The Balaban J connectivity index is 1.71. The highest BCUT2D eigenvalue weighted by Gasteiger charge is 2.26. The SMILES string of the molecule is CCN1CCN(c2c(CN(CCOC)Cc3cccc(C)c3O)c(C)nn2-c2ccc(F)cc2)CC1. The molecule has 194 valence electrons. The molecule has 2 aromatic carbocycles. The molecule has 0 spiro atoms. The highest BCUT2D eigenvalue weighted by atomic mass is 19.1. The summed E-state index contributed by atoms with van der Waals surface area (Å²) in [4.78, 5) is 7.15. The number of aryl methyl sites for hydroxylation is 2. The normalized spacial score (nSPS) is 14.7. The Kier molecular flexibility index (Phi) is 8.61. The van der Waals surface area contributed by atoms with Gasteiger partial charge >= 0.3 is 0 Å². The largest absolute Gasteiger partial charge is 0.507 e. The van der Waals surface area contributed by atoms with Crippen molar-refractivity contribution in [3.8, 4) is 11.4 Å². The molecule has 4 rings (SSSR count). The van der Waals surface area contributed by atoms with Crippen molar-refractivity contribution in [2.75, 3.05) is 57.9 Å². The summed E-state index contributed by atoms with van der Waals surface area (Å²) in [7, 11) is 1.71. The number of likely N-dealkylation sites (N-methyl/N-ethyl adjacent to an activating group) is 1. The average molecular weight is 496 g/mol. The third kappa shape index (κ3) is 5.88. The van der Waals surface area contributed by atoms with E-state index in [2.05, 4.69) is 21.6 Å². The molecule has 0 atom stereocenters. The molecule has 36 heavy (non-hydrogen) atoms. The van der Waals surface area contributed by atoms with E-state index in [-0.39, 0.29) is 5.82 Å².